The Balaban J connectivity index is 1.41. The average molecular weight is 398 g/mol. The highest BCUT2D eigenvalue weighted by Crippen LogP contribution is 2.26. The molecule has 1 aliphatic carbocycles. The molecule has 10 heteroatoms. The Morgan fingerprint density at radius 2 is 2.15 bits per heavy atom. The van der Waals surface area contributed by atoms with Crippen molar-refractivity contribution in [3.63, 3.8) is 0 Å². The quantitative estimate of drug-likeness (QED) is 0.739. The third-order valence-corrected chi connectivity index (χ3v) is 6.23. The Hall–Kier alpha value is -1.94. The lowest BCUT2D eigenvalue weighted by Gasteiger charge is -2.06. The molecule has 0 fully saturated rings. The first-order valence-corrected chi connectivity index (χ1v) is 11.5. The van der Waals surface area contributed by atoms with Gasteiger partial charge < -0.3 is 5.32 Å². The van der Waals surface area contributed by atoms with E-state index in [0.717, 1.165) is 17.8 Å². The number of carbonyl (C=O) groups is 1. The van der Waals surface area contributed by atoms with E-state index in [1.54, 1.807) is 23.6 Å². The molecule has 3 rings (SSSR count). The molecule has 142 valence electrons. The molecule has 2 N–H and O–H groups in total. The molecular weight excluding hydrogens is 374 g/mol. The summed E-state index contributed by atoms with van der Waals surface area (Å²) in [5.74, 6) is 0.402. The van der Waals surface area contributed by atoms with Crippen LogP contribution in [0.4, 0.5) is 10.6 Å². The number of hydrogen-bond donors (Lipinski definition) is 2. The van der Waals surface area contributed by atoms with Gasteiger partial charge in [0, 0.05) is 36.4 Å². The molecule has 1 aliphatic rings. The summed E-state index contributed by atoms with van der Waals surface area (Å²) >= 11 is 1.75. The molecule has 2 amide bonds. The van der Waals surface area contributed by atoms with Crippen LogP contribution in [-0.4, -0.2) is 47.8 Å². The van der Waals surface area contributed by atoms with Crippen molar-refractivity contribution in [3.8, 4) is 0 Å². The fourth-order valence-electron chi connectivity index (χ4n) is 2.77. The molecule has 26 heavy (non-hydrogen) atoms. The number of fused-ring (bicyclic) bond motifs is 1. The van der Waals surface area contributed by atoms with Crippen LogP contribution in [0.2, 0.25) is 0 Å². The first-order chi connectivity index (χ1) is 12.4. The van der Waals surface area contributed by atoms with Gasteiger partial charge in [-0.15, -0.1) is 11.3 Å². The van der Waals surface area contributed by atoms with Gasteiger partial charge >= 0.3 is 6.03 Å². The van der Waals surface area contributed by atoms with Gasteiger partial charge in [-0.25, -0.2) is 18.2 Å². The normalized spacial score (nSPS) is 14.0. The number of aryl methyl sites for hydroxylation is 3. The third kappa shape index (κ3) is 5.53. The maximum atomic E-state index is 11.9. The van der Waals surface area contributed by atoms with Gasteiger partial charge in [-0.05, 0) is 25.7 Å². The van der Waals surface area contributed by atoms with E-state index in [1.807, 2.05) is 0 Å². The molecule has 0 saturated heterocycles. The highest BCUT2D eigenvalue weighted by molar-refractivity contribution is 7.90. The maximum absolute atomic E-state index is 11.9. The standard InChI is InChI=1S/C16H23N5O3S2/c1-26(23,24)11-10-21-9-7-14(20-21)19-16(22)17-8-6-15-18-12-4-2-3-5-13(12)25-15/h7,9H,2-6,8,10-11H2,1H3,(H2,17,19,20,22). The Kier molecular flexibility index (Phi) is 5.92. The first-order valence-electron chi connectivity index (χ1n) is 8.62. The third-order valence-electron chi connectivity index (χ3n) is 4.09. The number of urea groups is 1. The lowest BCUT2D eigenvalue weighted by molar-refractivity contribution is 0.252. The van der Waals surface area contributed by atoms with Gasteiger partial charge in [-0.3, -0.25) is 10.00 Å². The van der Waals surface area contributed by atoms with E-state index in [4.69, 9.17) is 0 Å². The molecule has 0 aromatic carbocycles. The van der Waals surface area contributed by atoms with E-state index in [-0.39, 0.29) is 18.3 Å². The Morgan fingerprint density at radius 1 is 1.35 bits per heavy atom. The zero-order valence-electron chi connectivity index (χ0n) is 14.7. The monoisotopic (exact) mass is 397 g/mol. The van der Waals surface area contributed by atoms with E-state index >= 15 is 0 Å². The van der Waals surface area contributed by atoms with Gasteiger partial charge in [0.15, 0.2) is 5.82 Å². The number of hydrogen-bond acceptors (Lipinski definition) is 6. The van der Waals surface area contributed by atoms with Crippen molar-refractivity contribution in [2.45, 2.75) is 38.6 Å². The predicted molar refractivity (Wildman–Crippen MR) is 101 cm³/mol. The molecule has 2 aromatic heterocycles. The number of amides is 2. The molecular formula is C16H23N5O3S2. The van der Waals surface area contributed by atoms with Gasteiger partial charge in [0.2, 0.25) is 0 Å². The Labute approximate surface area is 156 Å². The van der Waals surface area contributed by atoms with Crippen molar-refractivity contribution in [2.24, 2.45) is 0 Å². The largest absolute Gasteiger partial charge is 0.337 e. The molecule has 0 bridgehead atoms. The summed E-state index contributed by atoms with van der Waals surface area (Å²) in [6.07, 6.45) is 8.20. The predicted octanol–water partition coefficient (Wildman–Crippen LogP) is 1.63. The summed E-state index contributed by atoms with van der Waals surface area (Å²) in [7, 11) is -3.04. The number of nitrogens with one attached hydrogen (secondary N) is 2. The maximum Gasteiger partial charge on any atom is 0.320 e. The Bertz CT molecular complexity index is 849. The number of sulfone groups is 1. The van der Waals surface area contributed by atoms with Crippen LogP contribution in [0, 0.1) is 0 Å². The van der Waals surface area contributed by atoms with Crippen LogP contribution in [0.15, 0.2) is 12.3 Å². The van der Waals surface area contributed by atoms with Crippen LogP contribution in [0.1, 0.15) is 28.4 Å². The zero-order chi connectivity index (χ0) is 18.6. The summed E-state index contributed by atoms with van der Waals surface area (Å²) in [6.45, 7) is 0.768. The van der Waals surface area contributed by atoms with E-state index < -0.39 is 9.84 Å². The van der Waals surface area contributed by atoms with Gasteiger partial charge in [0.25, 0.3) is 0 Å². The minimum atomic E-state index is -3.04. The fourth-order valence-corrected chi connectivity index (χ4v) is 4.44. The SMILES string of the molecule is CS(=O)(=O)CCn1ccc(NC(=O)NCCc2nc3c(s2)CCCC3)n1. The van der Waals surface area contributed by atoms with Gasteiger partial charge in [-0.1, -0.05) is 0 Å². The zero-order valence-corrected chi connectivity index (χ0v) is 16.3. The summed E-state index contributed by atoms with van der Waals surface area (Å²) in [5, 5.41) is 10.6. The molecule has 8 nitrogen and oxygen atoms in total. The van der Waals surface area contributed by atoms with E-state index in [0.29, 0.717) is 18.8 Å². The van der Waals surface area contributed by atoms with Gasteiger partial charge in [0.1, 0.15) is 9.84 Å². The molecule has 0 saturated carbocycles. The lowest BCUT2D eigenvalue weighted by atomic mass is 10.0. The molecule has 2 heterocycles. The molecule has 0 spiro atoms. The number of rotatable bonds is 7. The molecule has 0 aliphatic heterocycles. The average Bonchev–Trinajstić information content (AvgIpc) is 3.18. The second kappa shape index (κ2) is 8.17. The van der Waals surface area contributed by atoms with Crippen molar-refractivity contribution in [3.05, 3.63) is 27.8 Å². The first kappa shape index (κ1) is 18.8. The minimum Gasteiger partial charge on any atom is -0.337 e. The smallest absolute Gasteiger partial charge is 0.320 e. The topological polar surface area (TPSA) is 106 Å². The van der Waals surface area contributed by atoms with Crippen LogP contribution < -0.4 is 10.6 Å². The van der Waals surface area contributed by atoms with E-state index in [1.165, 1.54) is 34.4 Å². The summed E-state index contributed by atoms with van der Waals surface area (Å²) in [5.41, 5.74) is 1.24. The van der Waals surface area contributed by atoms with Crippen LogP contribution in [0.25, 0.3) is 0 Å². The number of nitrogens with zero attached hydrogens (tertiary/aromatic N) is 3. The number of aromatic nitrogens is 3. The number of thiazole rings is 1. The number of carbonyl (C=O) groups excluding carboxylic acids is 1. The van der Waals surface area contributed by atoms with Gasteiger partial charge in [-0.2, -0.15) is 5.10 Å². The molecule has 0 atom stereocenters. The lowest BCUT2D eigenvalue weighted by Crippen LogP contribution is -2.30. The summed E-state index contributed by atoms with van der Waals surface area (Å²) < 4.78 is 23.8. The van der Waals surface area contributed by atoms with Crippen molar-refractivity contribution < 1.29 is 13.2 Å². The van der Waals surface area contributed by atoms with Crippen molar-refractivity contribution in [1.82, 2.24) is 20.1 Å². The van der Waals surface area contributed by atoms with Crippen molar-refractivity contribution >= 4 is 33.0 Å². The van der Waals surface area contributed by atoms with Gasteiger partial charge in [0.05, 0.1) is 23.0 Å². The fraction of sp³-hybridized carbons (Fsp3) is 0.562. The van der Waals surface area contributed by atoms with Crippen LogP contribution >= 0.6 is 11.3 Å². The van der Waals surface area contributed by atoms with Crippen LogP contribution in [-0.2, 0) is 35.6 Å². The van der Waals surface area contributed by atoms with Crippen LogP contribution in [0.3, 0.4) is 0 Å². The highest BCUT2D eigenvalue weighted by atomic mass is 32.2. The van der Waals surface area contributed by atoms with Crippen LogP contribution in [0.5, 0.6) is 0 Å². The minimum absolute atomic E-state index is 0.0120. The van der Waals surface area contributed by atoms with E-state index in [9.17, 15) is 13.2 Å². The Morgan fingerprint density at radius 3 is 2.92 bits per heavy atom. The van der Waals surface area contributed by atoms with Crippen molar-refractivity contribution in [1.29, 1.82) is 0 Å². The molecule has 2 aromatic rings. The molecule has 0 unspecified atom stereocenters. The summed E-state index contributed by atoms with van der Waals surface area (Å²) in [4.78, 5) is 18.0. The number of anilines is 1. The highest BCUT2D eigenvalue weighted by Gasteiger charge is 2.15. The van der Waals surface area contributed by atoms with Crippen molar-refractivity contribution in [2.75, 3.05) is 23.9 Å². The second-order valence-corrected chi connectivity index (χ2v) is 9.84. The van der Waals surface area contributed by atoms with E-state index in [2.05, 4.69) is 20.7 Å². The molecule has 0 radical (unpaired) electrons. The summed E-state index contributed by atoms with van der Waals surface area (Å²) in [6, 6.07) is 1.30. The second-order valence-electron chi connectivity index (χ2n) is 6.41.